The molecule has 3 rings (SSSR count). The van der Waals surface area contributed by atoms with Gasteiger partial charge in [0.25, 0.3) is 0 Å². The number of hydrogen-bond donors (Lipinski definition) is 2. The number of nitrogens with one attached hydrogen (secondary N) is 1. The van der Waals surface area contributed by atoms with Gasteiger partial charge in [-0.1, -0.05) is 12.1 Å². The van der Waals surface area contributed by atoms with Crippen molar-refractivity contribution in [2.24, 2.45) is 0 Å². The molecule has 0 saturated carbocycles. The molecule has 0 fully saturated rings. The highest BCUT2D eigenvalue weighted by Gasteiger charge is 2.01. The lowest BCUT2D eigenvalue weighted by Gasteiger charge is -2.04. The third-order valence-corrected chi connectivity index (χ3v) is 2.70. The van der Waals surface area contributed by atoms with Crippen molar-refractivity contribution < 1.29 is 0 Å². The summed E-state index contributed by atoms with van der Waals surface area (Å²) in [6, 6.07) is 10.2. The number of benzene rings is 1. The van der Waals surface area contributed by atoms with Crippen LogP contribution in [-0.4, -0.2) is 14.8 Å². The highest BCUT2D eigenvalue weighted by Crippen LogP contribution is 2.15. The summed E-state index contributed by atoms with van der Waals surface area (Å²) in [5.41, 5.74) is 8.10. The number of H-pyrrole nitrogens is 1. The van der Waals surface area contributed by atoms with Gasteiger partial charge in [-0.25, -0.2) is 4.68 Å². The summed E-state index contributed by atoms with van der Waals surface area (Å²) in [4.78, 5) is 3.19. The minimum atomic E-state index is 0.687. The summed E-state index contributed by atoms with van der Waals surface area (Å²) >= 11 is 0. The maximum Gasteiger partial charge on any atom is 0.122 e. The smallest absolute Gasteiger partial charge is 0.122 e. The first-order valence-electron chi connectivity index (χ1n) is 5.16. The van der Waals surface area contributed by atoms with E-state index < -0.39 is 0 Å². The Labute approximate surface area is 92.7 Å². The molecule has 0 bridgehead atoms. The summed E-state index contributed by atoms with van der Waals surface area (Å²) in [7, 11) is 0. The number of aromatic amines is 1. The predicted octanol–water partition coefficient (Wildman–Crippen LogP) is 1.99. The van der Waals surface area contributed by atoms with Crippen molar-refractivity contribution in [1.29, 1.82) is 0 Å². The van der Waals surface area contributed by atoms with Crippen molar-refractivity contribution in [2.45, 2.75) is 6.54 Å². The molecule has 4 nitrogen and oxygen atoms in total. The standard InChI is InChI=1S/C12H12N4/c13-12-4-6-15-16(12)8-9-1-2-10-3-5-14-11(10)7-9/h1-7,14H,8,13H2. The fraction of sp³-hybridized carbons (Fsp3) is 0.0833. The zero-order valence-corrected chi connectivity index (χ0v) is 8.72. The molecule has 0 aliphatic heterocycles. The summed E-state index contributed by atoms with van der Waals surface area (Å²) in [6.45, 7) is 0.702. The zero-order valence-electron chi connectivity index (χ0n) is 8.72. The van der Waals surface area contributed by atoms with Gasteiger partial charge in [0.05, 0.1) is 12.7 Å². The summed E-state index contributed by atoms with van der Waals surface area (Å²) < 4.78 is 1.78. The summed E-state index contributed by atoms with van der Waals surface area (Å²) in [6.07, 6.45) is 3.65. The third-order valence-electron chi connectivity index (χ3n) is 2.70. The number of aromatic nitrogens is 3. The van der Waals surface area contributed by atoms with Crippen molar-refractivity contribution in [2.75, 3.05) is 5.73 Å². The number of nitrogens with two attached hydrogens (primary N) is 1. The molecule has 0 aliphatic carbocycles. The van der Waals surface area contributed by atoms with Crippen LogP contribution < -0.4 is 5.73 Å². The molecule has 3 aromatic rings. The number of anilines is 1. The monoisotopic (exact) mass is 212 g/mol. The molecule has 3 N–H and O–H groups in total. The van der Waals surface area contributed by atoms with Crippen molar-refractivity contribution in [1.82, 2.24) is 14.8 Å². The molecule has 2 heterocycles. The second-order valence-electron chi connectivity index (χ2n) is 3.81. The minimum Gasteiger partial charge on any atom is -0.384 e. The molecule has 4 heteroatoms. The summed E-state index contributed by atoms with van der Waals surface area (Å²) in [5.74, 6) is 0.687. The van der Waals surface area contributed by atoms with Crippen molar-refractivity contribution in [3.63, 3.8) is 0 Å². The SMILES string of the molecule is Nc1ccnn1Cc1ccc2cc[nH]c2c1. The van der Waals surface area contributed by atoms with Crippen LogP contribution >= 0.6 is 0 Å². The van der Waals surface area contributed by atoms with Gasteiger partial charge >= 0.3 is 0 Å². The second kappa shape index (κ2) is 3.41. The van der Waals surface area contributed by atoms with Gasteiger partial charge in [-0.15, -0.1) is 0 Å². The van der Waals surface area contributed by atoms with Crippen LogP contribution in [0.2, 0.25) is 0 Å². The van der Waals surface area contributed by atoms with E-state index in [0.29, 0.717) is 12.4 Å². The number of fused-ring (bicyclic) bond motifs is 1. The molecule has 0 radical (unpaired) electrons. The van der Waals surface area contributed by atoms with E-state index in [1.807, 2.05) is 6.20 Å². The van der Waals surface area contributed by atoms with Crippen LogP contribution in [0, 0.1) is 0 Å². The zero-order chi connectivity index (χ0) is 11.0. The molecule has 0 unspecified atom stereocenters. The molecule has 0 spiro atoms. The molecule has 1 aromatic carbocycles. The molecular weight excluding hydrogens is 200 g/mol. The quantitative estimate of drug-likeness (QED) is 0.682. The first-order valence-corrected chi connectivity index (χ1v) is 5.16. The largest absolute Gasteiger partial charge is 0.384 e. The first-order chi connectivity index (χ1) is 7.83. The maximum atomic E-state index is 5.77. The van der Waals surface area contributed by atoms with E-state index in [0.717, 1.165) is 5.52 Å². The molecule has 16 heavy (non-hydrogen) atoms. The number of hydrogen-bond acceptors (Lipinski definition) is 2. The number of nitrogens with zero attached hydrogens (tertiary/aromatic N) is 2. The Kier molecular flexibility index (Phi) is 1.93. The lowest BCUT2D eigenvalue weighted by molar-refractivity contribution is 0.698. The number of rotatable bonds is 2. The Balaban J connectivity index is 1.97. The molecule has 0 amide bonds. The predicted molar refractivity (Wildman–Crippen MR) is 64.0 cm³/mol. The van der Waals surface area contributed by atoms with Crippen molar-refractivity contribution in [3.8, 4) is 0 Å². The van der Waals surface area contributed by atoms with Gasteiger partial charge in [-0.3, -0.25) is 0 Å². The van der Waals surface area contributed by atoms with Gasteiger partial charge in [-0.2, -0.15) is 5.10 Å². The first kappa shape index (κ1) is 9.03. The minimum absolute atomic E-state index is 0.687. The van der Waals surface area contributed by atoms with E-state index in [2.05, 4.69) is 34.3 Å². The molecular formula is C12H12N4. The van der Waals surface area contributed by atoms with Crippen molar-refractivity contribution >= 4 is 16.7 Å². The Morgan fingerprint density at radius 3 is 3.00 bits per heavy atom. The van der Waals surface area contributed by atoms with Crippen LogP contribution in [-0.2, 0) is 6.54 Å². The van der Waals surface area contributed by atoms with E-state index in [1.165, 1.54) is 10.9 Å². The van der Waals surface area contributed by atoms with Crippen LogP contribution in [0.15, 0.2) is 42.7 Å². The van der Waals surface area contributed by atoms with Crippen LogP contribution in [0.3, 0.4) is 0 Å². The maximum absolute atomic E-state index is 5.77. The van der Waals surface area contributed by atoms with E-state index in [1.54, 1.807) is 16.9 Å². The molecule has 0 atom stereocenters. The van der Waals surface area contributed by atoms with Crippen LogP contribution in [0.5, 0.6) is 0 Å². The summed E-state index contributed by atoms with van der Waals surface area (Å²) in [5, 5.41) is 5.38. The Bertz CT molecular complexity index is 621. The average molecular weight is 212 g/mol. The van der Waals surface area contributed by atoms with E-state index >= 15 is 0 Å². The van der Waals surface area contributed by atoms with Gasteiger partial charge < -0.3 is 10.7 Å². The Hall–Kier alpha value is -2.23. The second-order valence-corrected chi connectivity index (χ2v) is 3.81. The van der Waals surface area contributed by atoms with Gasteiger partial charge in [0, 0.05) is 11.7 Å². The van der Waals surface area contributed by atoms with E-state index in [4.69, 9.17) is 5.73 Å². The van der Waals surface area contributed by atoms with E-state index in [9.17, 15) is 0 Å². The average Bonchev–Trinajstić information content (AvgIpc) is 2.88. The third kappa shape index (κ3) is 1.44. The molecule has 2 aromatic heterocycles. The molecule has 80 valence electrons. The normalized spacial score (nSPS) is 11.0. The van der Waals surface area contributed by atoms with Crippen LogP contribution in [0.1, 0.15) is 5.56 Å². The highest BCUT2D eigenvalue weighted by atomic mass is 15.3. The number of nitrogen functional groups attached to an aromatic ring is 1. The molecule has 0 saturated heterocycles. The fourth-order valence-electron chi connectivity index (χ4n) is 1.84. The molecule has 0 aliphatic rings. The topological polar surface area (TPSA) is 59.6 Å². The Morgan fingerprint density at radius 1 is 1.25 bits per heavy atom. The van der Waals surface area contributed by atoms with Crippen LogP contribution in [0.25, 0.3) is 10.9 Å². The van der Waals surface area contributed by atoms with Gasteiger partial charge in [0.1, 0.15) is 5.82 Å². The van der Waals surface area contributed by atoms with E-state index in [-0.39, 0.29) is 0 Å². The lowest BCUT2D eigenvalue weighted by atomic mass is 10.1. The van der Waals surface area contributed by atoms with Gasteiger partial charge in [0.2, 0.25) is 0 Å². The van der Waals surface area contributed by atoms with Gasteiger partial charge in [0.15, 0.2) is 0 Å². The highest BCUT2D eigenvalue weighted by molar-refractivity contribution is 5.79. The lowest BCUT2D eigenvalue weighted by Crippen LogP contribution is -2.05. The van der Waals surface area contributed by atoms with Crippen LogP contribution in [0.4, 0.5) is 5.82 Å². The van der Waals surface area contributed by atoms with Gasteiger partial charge in [-0.05, 0) is 29.1 Å². The Morgan fingerprint density at radius 2 is 2.19 bits per heavy atom. The fourth-order valence-corrected chi connectivity index (χ4v) is 1.84. The van der Waals surface area contributed by atoms with Crippen molar-refractivity contribution in [3.05, 3.63) is 48.3 Å².